The van der Waals surface area contributed by atoms with Crippen LogP contribution < -0.4 is 10.1 Å². The molecule has 2 unspecified atom stereocenters. The summed E-state index contributed by atoms with van der Waals surface area (Å²) < 4.78 is 5.39. The molecule has 2 atom stereocenters. The van der Waals surface area contributed by atoms with Crippen molar-refractivity contribution in [3.63, 3.8) is 0 Å². The van der Waals surface area contributed by atoms with E-state index >= 15 is 0 Å². The minimum absolute atomic E-state index is 0.106. The summed E-state index contributed by atoms with van der Waals surface area (Å²) in [5.74, 6) is 0.446. The van der Waals surface area contributed by atoms with Gasteiger partial charge < -0.3 is 20.3 Å². The molecule has 0 amide bonds. The lowest BCUT2D eigenvalue weighted by atomic mass is 10.2. The Hall–Kier alpha value is -0.520. The number of benzene rings is 1. The Morgan fingerprint density at radius 2 is 1.89 bits per heavy atom. The lowest BCUT2D eigenvalue weighted by molar-refractivity contribution is 0.0992. The minimum Gasteiger partial charge on any atom is -0.489 e. The molecule has 1 aromatic carbocycles. The Kier molecular flexibility index (Phi) is 7.49. The van der Waals surface area contributed by atoms with Gasteiger partial charge in [0.2, 0.25) is 0 Å². The topological polar surface area (TPSA) is 61.7 Å². The highest BCUT2D eigenvalue weighted by atomic mass is 35.5. The monoisotopic (exact) mass is 307 g/mol. The van der Waals surface area contributed by atoms with Crippen LogP contribution in [0.2, 0.25) is 10.0 Å². The molecule has 6 heteroatoms. The predicted octanol–water partition coefficient (Wildman–Crippen LogP) is 2.09. The molecule has 0 saturated heterocycles. The van der Waals surface area contributed by atoms with Crippen molar-refractivity contribution in [1.82, 2.24) is 5.32 Å². The van der Waals surface area contributed by atoms with Gasteiger partial charge in [-0.05, 0) is 18.6 Å². The van der Waals surface area contributed by atoms with Gasteiger partial charge in [-0.15, -0.1) is 0 Å². The molecule has 19 heavy (non-hydrogen) atoms. The van der Waals surface area contributed by atoms with Gasteiger partial charge >= 0.3 is 0 Å². The van der Waals surface area contributed by atoms with Crippen LogP contribution in [0.1, 0.15) is 13.3 Å². The predicted molar refractivity (Wildman–Crippen MR) is 77.1 cm³/mol. The normalized spacial score (nSPS) is 14.2. The summed E-state index contributed by atoms with van der Waals surface area (Å²) in [6.07, 6.45) is -0.396. The van der Waals surface area contributed by atoms with Crippen LogP contribution in [0, 0.1) is 0 Å². The molecule has 0 heterocycles. The molecule has 0 aromatic heterocycles. The second kappa shape index (κ2) is 8.61. The van der Waals surface area contributed by atoms with E-state index in [1.165, 1.54) is 0 Å². The molecule has 0 bridgehead atoms. The van der Waals surface area contributed by atoms with Crippen LogP contribution in [-0.2, 0) is 0 Å². The summed E-state index contributed by atoms with van der Waals surface area (Å²) in [7, 11) is 0. The SMILES string of the molecule is CCC(O)CNCC(O)COc1cc(Cl)ccc1Cl. The fourth-order valence-corrected chi connectivity index (χ4v) is 1.73. The van der Waals surface area contributed by atoms with E-state index < -0.39 is 12.2 Å². The molecule has 0 saturated carbocycles. The zero-order valence-electron chi connectivity index (χ0n) is 10.8. The maximum atomic E-state index is 9.71. The molecule has 0 radical (unpaired) electrons. The molecule has 0 aliphatic carbocycles. The molecular weight excluding hydrogens is 289 g/mol. The van der Waals surface area contributed by atoms with Crippen LogP contribution in [0.5, 0.6) is 5.75 Å². The lowest BCUT2D eigenvalue weighted by Gasteiger charge is -2.15. The Morgan fingerprint density at radius 3 is 2.58 bits per heavy atom. The Morgan fingerprint density at radius 1 is 1.21 bits per heavy atom. The van der Waals surface area contributed by atoms with Gasteiger partial charge in [-0.2, -0.15) is 0 Å². The number of nitrogens with one attached hydrogen (secondary N) is 1. The highest BCUT2D eigenvalue weighted by Gasteiger charge is 2.08. The number of rotatable bonds is 8. The Labute approximate surface area is 123 Å². The van der Waals surface area contributed by atoms with Crippen LogP contribution in [0.15, 0.2) is 18.2 Å². The van der Waals surface area contributed by atoms with E-state index in [4.69, 9.17) is 27.9 Å². The first-order valence-corrected chi connectivity index (χ1v) is 6.93. The van der Waals surface area contributed by atoms with E-state index in [0.717, 1.165) is 0 Å². The minimum atomic E-state index is -0.681. The largest absolute Gasteiger partial charge is 0.489 e. The van der Waals surface area contributed by atoms with Gasteiger partial charge in [0.05, 0.1) is 11.1 Å². The number of halogens is 2. The van der Waals surface area contributed by atoms with Gasteiger partial charge in [0.15, 0.2) is 0 Å². The maximum absolute atomic E-state index is 9.71. The average Bonchev–Trinajstić information content (AvgIpc) is 2.39. The van der Waals surface area contributed by atoms with E-state index in [0.29, 0.717) is 35.3 Å². The van der Waals surface area contributed by atoms with Crippen molar-refractivity contribution in [2.45, 2.75) is 25.6 Å². The fraction of sp³-hybridized carbons (Fsp3) is 0.538. The third kappa shape index (κ3) is 6.45. The average molecular weight is 308 g/mol. The van der Waals surface area contributed by atoms with Crippen molar-refractivity contribution < 1.29 is 14.9 Å². The van der Waals surface area contributed by atoms with Gasteiger partial charge in [-0.1, -0.05) is 30.1 Å². The highest BCUT2D eigenvalue weighted by molar-refractivity contribution is 6.34. The number of aliphatic hydroxyl groups is 2. The lowest BCUT2D eigenvalue weighted by Crippen LogP contribution is -2.35. The molecule has 0 aliphatic rings. The maximum Gasteiger partial charge on any atom is 0.139 e. The zero-order valence-corrected chi connectivity index (χ0v) is 12.3. The Balaban J connectivity index is 2.29. The van der Waals surface area contributed by atoms with E-state index in [1.807, 2.05) is 6.92 Å². The van der Waals surface area contributed by atoms with Crippen molar-refractivity contribution in [3.05, 3.63) is 28.2 Å². The molecule has 1 aromatic rings. The molecule has 1 rings (SSSR count). The second-order valence-corrected chi connectivity index (χ2v) is 5.10. The van der Waals surface area contributed by atoms with Crippen molar-refractivity contribution >= 4 is 23.2 Å². The van der Waals surface area contributed by atoms with Crippen molar-refractivity contribution in [1.29, 1.82) is 0 Å². The smallest absolute Gasteiger partial charge is 0.139 e. The van der Waals surface area contributed by atoms with E-state index in [-0.39, 0.29) is 6.61 Å². The highest BCUT2D eigenvalue weighted by Crippen LogP contribution is 2.27. The van der Waals surface area contributed by atoms with Gasteiger partial charge in [0.1, 0.15) is 18.5 Å². The van der Waals surface area contributed by atoms with Gasteiger partial charge in [-0.3, -0.25) is 0 Å². The second-order valence-electron chi connectivity index (χ2n) is 4.26. The third-order valence-corrected chi connectivity index (χ3v) is 3.10. The van der Waals surface area contributed by atoms with Crippen molar-refractivity contribution in [2.24, 2.45) is 0 Å². The molecule has 0 fully saturated rings. The first kappa shape index (κ1) is 16.5. The fourth-order valence-electron chi connectivity index (χ4n) is 1.39. The van der Waals surface area contributed by atoms with E-state index in [9.17, 15) is 10.2 Å². The Bertz CT molecular complexity index is 390. The molecule has 108 valence electrons. The molecule has 0 spiro atoms. The summed E-state index contributed by atoms with van der Waals surface area (Å²) in [5.41, 5.74) is 0. The molecule has 3 N–H and O–H groups in total. The van der Waals surface area contributed by atoms with Crippen LogP contribution in [0.3, 0.4) is 0 Å². The third-order valence-electron chi connectivity index (χ3n) is 2.56. The number of ether oxygens (including phenoxy) is 1. The van der Waals surface area contributed by atoms with Crippen molar-refractivity contribution in [3.8, 4) is 5.75 Å². The molecule has 4 nitrogen and oxygen atoms in total. The van der Waals surface area contributed by atoms with Crippen LogP contribution in [0.4, 0.5) is 0 Å². The molecule has 0 aliphatic heterocycles. The van der Waals surface area contributed by atoms with E-state index in [1.54, 1.807) is 18.2 Å². The first-order valence-electron chi connectivity index (χ1n) is 6.17. The summed E-state index contributed by atoms with van der Waals surface area (Å²) in [6.45, 7) is 2.79. The van der Waals surface area contributed by atoms with Gasteiger partial charge in [-0.25, -0.2) is 0 Å². The summed E-state index contributed by atoms with van der Waals surface area (Å²) in [5, 5.41) is 23.0. The summed E-state index contributed by atoms with van der Waals surface area (Å²) in [4.78, 5) is 0. The van der Waals surface area contributed by atoms with Crippen molar-refractivity contribution in [2.75, 3.05) is 19.7 Å². The number of hydrogen-bond donors (Lipinski definition) is 3. The van der Waals surface area contributed by atoms with Gasteiger partial charge in [0.25, 0.3) is 0 Å². The quantitative estimate of drug-likeness (QED) is 0.688. The van der Waals surface area contributed by atoms with Crippen LogP contribution in [0.25, 0.3) is 0 Å². The first-order chi connectivity index (χ1) is 9.02. The van der Waals surface area contributed by atoms with Crippen LogP contribution in [-0.4, -0.2) is 42.1 Å². The number of hydrogen-bond acceptors (Lipinski definition) is 4. The summed E-state index contributed by atoms with van der Waals surface area (Å²) >= 11 is 11.8. The van der Waals surface area contributed by atoms with Gasteiger partial charge in [0, 0.05) is 24.2 Å². The molecular formula is C13H19Cl2NO3. The zero-order chi connectivity index (χ0) is 14.3. The number of aliphatic hydroxyl groups excluding tert-OH is 2. The van der Waals surface area contributed by atoms with Crippen LogP contribution >= 0.6 is 23.2 Å². The standard InChI is InChI=1S/C13H19Cl2NO3/c1-2-10(17)6-16-7-11(18)8-19-13-5-9(14)3-4-12(13)15/h3-5,10-11,16-18H,2,6-8H2,1H3. The van der Waals surface area contributed by atoms with E-state index in [2.05, 4.69) is 5.32 Å². The summed E-state index contributed by atoms with van der Waals surface area (Å²) in [6, 6.07) is 4.91.